The Morgan fingerprint density at radius 2 is 2.09 bits per heavy atom. The van der Waals surface area contributed by atoms with Crippen LogP contribution in [0.15, 0.2) is 53.7 Å². The van der Waals surface area contributed by atoms with Gasteiger partial charge in [0.25, 0.3) is 0 Å². The maximum atomic E-state index is 15.1. The molecular formula is C25H29FN6. The summed E-state index contributed by atoms with van der Waals surface area (Å²) in [6, 6.07) is 4.27. The Hall–Kier alpha value is -3.22. The van der Waals surface area contributed by atoms with Gasteiger partial charge < -0.3 is 5.32 Å². The number of rotatable bonds is 3. The third kappa shape index (κ3) is 3.36. The zero-order valence-electron chi connectivity index (χ0n) is 19.0. The predicted octanol–water partition coefficient (Wildman–Crippen LogP) is 5.32. The van der Waals surface area contributed by atoms with Crippen LogP contribution in [0.3, 0.4) is 0 Å². The first kappa shape index (κ1) is 20.7. The Kier molecular flexibility index (Phi) is 5.19. The number of pyridine rings is 1. The standard InChI is InChI=1S/C25H29FN6/c1-5-6-17-8-9-18-12-19(22-11-16(3)30-31(22)4)25-29-28-14-32(25)24(18)27-13-20-21(26)10-7-15(2)23(17)20/h5,11-12,14,17,27H,1,6-10,13H2,2-4H3. The molecule has 0 saturated heterocycles. The van der Waals surface area contributed by atoms with Crippen LogP contribution < -0.4 is 5.32 Å². The van der Waals surface area contributed by atoms with Crippen LogP contribution in [0.1, 0.15) is 43.9 Å². The molecule has 1 atom stereocenters. The molecule has 32 heavy (non-hydrogen) atoms. The Bertz CT molecular complexity index is 1280. The number of allylic oxidation sites excluding steroid dienone is 3. The molecule has 0 spiro atoms. The predicted molar refractivity (Wildman–Crippen MR) is 125 cm³/mol. The van der Waals surface area contributed by atoms with Crippen molar-refractivity contribution in [2.75, 3.05) is 11.9 Å². The van der Waals surface area contributed by atoms with E-state index in [1.165, 1.54) is 16.7 Å². The highest BCUT2D eigenvalue weighted by atomic mass is 19.1. The van der Waals surface area contributed by atoms with E-state index in [0.29, 0.717) is 13.0 Å². The lowest BCUT2D eigenvalue weighted by Crippen LogP contribution is -2.18. The second-order valence-corrected chi connectivity index (χ2v) is 8.94. The van der Waals surface area contributed by atoms with Crippen molar-refractivity contribution in [3.05, 3.63) is 64.9 Å². The summed E-state index contributed by atoms with van der Waals surface area (Å²) in [5.74, 6) is 1.22. The van der Waals surface area contributed by atoms with Crippen LogP contribution in [0.4, 0.5) is 10.2 Å². The van der Waals surface area contributed by atoms with E-state index in [9.17, 15) is 0 Å². The molecule has 2 aliphatic rings. The highest BCUT2D eigenvalue weighted by Gasteiger charge is 2.28. The van der Waals surface area contributed by atoms with Gasteiger partial charge in [-0.05, 0) is 68.7 Å². The summed E-state index contributed by atoms with van der Waals surface area (Å²) in [6.45, 7) is 8.58. The van der Waals surface area contributed by atoms with Crippen molar-refractivity contribution < 1.29 is 4.39 Å². The molecule has 0 bridgehead atoms. The Balaban J connectivity index is 1.68. The van der Waals surface area contributed by atoms with Crippen molar-refractivity contribution in [3.63, 3.8) is 0 Å². The fourth-order valence-electron chi connectivity index (χ4n) is 5.34. The molecule has 1 unspecified atom stereocenters. The maximum absolute atomic E-state index is 15.1. The number of hydrogen-bond donors (Lipinski definition) is 1. The van der Waals surface area contributed by atoms with Crippen LogP contribution in [-0.4, -0.2) is 30.9 Å². The normalized spacial score (nSPS) is 19.2. The molecule has 1 aliphatic heterocycles. The fraction of sp³-hybridized carbons (Fsp3) is 0.400. The number of halogens is 1. The van der Waals surface area contributed by atoms with Gasteiger partial charge in [0.05, 0.1) is 11.4 Å². The number of hydrogen-bond acceptors (Lipinski definition) is 4. The number of fused-ring (bicyclic) bond motifs is 4. The summed E-state index contributed by atoms with van der Waals surface area (Å²) in [4.78, 5) is 0. The van der Waals surface area contributed by atoms with Gasteiger partial charge in [0.2, 0.25) is 0 Å². The summed E-state index contributed by atoms with van der Waals surface area (Å²) < 4.78 is 18.9. The fourth-order valence-corrected chi connectivity index (χ4v) is 5.34. The first-order valence-electron chi connectivity index (χ1n) is 11.3. The lowest BCUT2D eigenvalue weighted by atomic mass is 9.79. The highest BCUT2D eigenvalue weighted by Crippen LogP contribution is 2.41. The Morgan fingerprint density at radius 3 is 2.84 bits per heavy atom. The number of nitrogens with zero attached hydrogens (tertiary/aromatic N) is 5. The van der Waals surface area contributed by atoms with Gasteiger partial charge in [0.15, 0.2) is 5.65 Å². The topological polar surface area (TPSA) is 60.0 Å². The van der Waals surface area contributed by atoms with Gasteiger partial charge in [-0.15, -0.1) is 16.8 Å². The number of anilines is 1. The molecule has 5 rings (SSSR count). The van der Waals surface area contributed by atoms with Gasteiger partial charge in [-0.3, -0.25) is 9.08 Å². The van der Waals surface area contributed by atoms with Gasteiger partial charge in [-0.1, -0.05) is 11.6 Å². The zero-order valence-corrected chi connectivity index (χ0v) is 19.0. The van der Waals surface area contributed by atoms with Gasteiger partial charge in [-0.25, -0.2) is 4.39 Å². The summed E-state index contributed by atoms with van der Waals surface area (Å²) >= 11 is 0. The van der Waals surface area contributed by atoms with E-state index in [-0.39, 0.29) is 11.7 Å². The van der Waals surface area contributed by atoms with Crippen molar-refractivity contribution >= 4 is 11.5 Å². The van der Waals surface area contributed by atoms with Gasteiger partial charge in [0.1, 0.15) is 18.0 Å². The smallest absolute Gasteiger partial charge is 0.171 e. The molecule has 166 valence electrons. The van der Waals surface area contributed by atoms with Crippen molar-refractivity contribution in [3.8, 4) is 11.3 Å². The average Bonchev–Trinajstić information content (AvgIpc) is 3.39. The molecule has 0 radical (unpaired) electrons. The molecule has 0 aromatic carbocycles. The van der Waals surface area contributed by atoms with E-state index in [1.807, 2.05) is 29.1 Å². The summed E-state index contributed by atoms with van der Waals surface area (Å²) in [6.07, 6.45) is 7.63. The van der Waals surface area contributed by atoms with E-state index in [1.54, 1.807) is 6.33 Å². The van der Waals surface area contributed by atoms with E-state index in [0.717, 1.165) is 59.7 Å². The van der Waals surface area contributed by atoms with E-state index in [4.69, 9.17) is 0 Å². The van der Waals surface area contributed by atoms with Crippen molar-refractivity contribution in [1.29, 1.82) is 0 Å². The van der Waals surface area contributed by atoms with Crippen LogP contribution in [0.25, 0.3) is 16.9 Å². The monoisotopic (exact) mass is 432 g/mol. The van der Waals surface area contributed by atoms with Crippen molar-refractivity contribution in [1.82, 2.24) is 24.4 Å². The molecule has 7 heteroatoms. The molecule has 0 fully saturated rings. The van der Waals surface area contributed by atoms with Crippen LogP contribution in [0, 0.1) is 12.8 Å². The van der Waals surface area contributed by atoms with Crippen LogP contribution in [0.2, 0.25) is 0 Å². The molecule has 1 aliphatic carbocycles. The molecule has 0 saturated carbocycles. The van der Waals surface area contributed by atoms with Crippen LogP contribution >= 0.6 is 0 Å². The molecular weight excluding hydrogens is 403 g/mol. The molecule has 4 heterocycles. The number of aromatic nitrogens is 5. The van der Waals surface area contributed by atoms with Crippen molar-refractivity contribution in [2.24, 2.45) is 13.0 Å². The second kappa shape index (κ2) is 8.04. The van der Waals surface area contributed by atoms with Gasteiger partial charge >= 0.3 is 0 Å². The maximum Gasteiger partial charge on any atom is 0.171 e. The van der Waals surface area contributed by atoms with E-state index < -0.39 is 0 Å². The largest absolute Gasteiger partial charge is 0.367 e. The van der Waals surface area contributed by atoms with Crippen LogP contribution in [0.5, 0.6) is 0 Å². The molecule has 0 amide bonds. The summed E-state index contributed by atoms with van der Waals surface area (Å²) in [5.41, 5.74) is 8.24. The number of aryl methyl sites for hydroxylation is 3. The average molecular weight is 433 g/mol. The Morgan fingerprint density at radius 1 is 1.25 bits per heavy atom. The highest BCUT2D eigenvalue weighted by molar-refractivity contribution is 5.79. The van der Waals surface area contributed by atoms with Gasteiger partial charge in [-0.2, -0.15) is 5.10 Å². The molecule has 1 N–H and O–H groups in total. The first-order valence-corrected chi connectivity index (χ1v) is 11.3. The van der Waals surface area contributed by atoms with E-state index >= 15 is 4.39 Å². The first-order chi connectivity index (χ1) is 15.5. The third-order valence-electron chi connectivity index (χ3n) is 6.82. The minimum absolute atomic E-state index is 0.0117. The lowest BCUT2D eigenvalue weighted by molar-refractivity contribution is 0.522. The quantitative estimate of drug-likeness (QED) is 0.569. The molecule has 6 nitrogen and oxygen atoms in total. The lowest BCUT2D eigenvalue weighted by Gasteiger charge is -2.27. The summed E-state index contributed by atoms with van der Waals surface area (Å²) in [5, 5.41) is 16.7. The SMILES string of the molecule is C=CCC1CCc2cc(-c3cc(C)nn3C)c3nncn3c2NCC2=C(F)CCC(C)=C21. The molecule has 3 aromatic rings. The summed E-state index contributed by atoms with van der Waals surface area (Å²) in [7, 11) is 1.95. The zero-order chi connectivity index (χ0) is 22.4. The van der Waals surface area contributed by atoms with E-state index in [2.05, 4.69) is 46.2 Å². The minimum Gasteiger partial charge on any atom is -0.367 e. The second-order valence-electron chi connectivity index (χ2n) is 8.94. The number of nitrogens with one attached hydrogen (secondary N) is 1. The van der Waals surface area contributed by atoms with Crippen molar-refractivity contribution in [2.45, 2.75) is 46.0 Å². The van der Waals surface area contributed by atoms with Gasteiger partial charge in [0, 0.05) is 31.1 Å². The Labute approximate surface area is 187 Å². The molecule has 3 aromatic heterocycles. The third-order valence-corrected chi connectivity index (χ3v) is 6.82. The van der Waals surface area contributed by atoms with Crippen LogP contribution in [-0.2, 0) is 13.5 Å². The minimum atomic E-state index is 0.0117.